The number of aryl methyl sites for hydroxylation is 2. The van der Waals surface area contributed by atoms with E-state index in [0.29, 0.717) is 5.69 Å². The van der Waals surface area contributed by atoms with Gasteiger partial charge in [-0.15, -0.1) is 0 Å². The molecule has 0 bridgehead atoms. The first-order valence-corrected chi connectivity index (χ1v) is 8.24. The lowest BCUT2D eigenvalue weighted by atomic mass is 9.90. The van der Waals surface area contributed by atoms with Crippen molar-refractivity contribution in [3.63, 3.8) is 0 Å². The van der Waals surface area contributed by atoms with E-state index >= 15 is 0 Å². The lowest BCUT2D eigenvalue weighted by Gasteiger charge is -2.21. The fourth-order valence-electron chi connectivity index (χ4n) is 2.96. The van der Waals surface area contributed by atoms with E-state index in [1.165, 1.54) is 5.56 Å². The zero-order valence-corrected chi connectivity index (χ0v) is 15.0. The van der Waals surface area contributed by atoms with Crippen molar-refractivity contribution in [2.75, 3.05) is 0 Å². The summed E-state index contributed by atoms with van der Waals surface area (Å²) in [5.74, 6) is 0.259. The number of nitrogens with zero attached hydrogens (tertiary/aromatic N) is 2. The molecule has 2 aromatic carbocycles. The number of rotatable bonds is 2. The van der Waals surface area contributed by atoms with Crippen molar-refractivity contribution in [1.82, 2.24) is 9.78 Å². The van der Waals surface area contributed by atoms with Crippen molar-refractivity contribution >= 4 is 0 Å². The molecule has 3 nitrogen and oxygen atoms in total. The van der Waals surface area contributed by atoms with Crippen LogP contribution in [0.15, 0.2) is 48.5 Å². The summed E-state index contributed by atoms with van der Waals surface area (Å²) in [7, 11) is 0. The van der Waals surface area contributed by atoms with Crippen LogP contribution in [0.25, 0.3) is 16.9 Å². The highest BCUT2D eigenvalue weighted by Gasteiger charge is 2.29. The summed E-state index contributed by atoms with van der Waals surface area (Å²) in [4.78, 5) is 0. The van der Waals surface area contributed by atoms with Crippen molar-refractivity contribution in [3.8, 4) is 22.7 Å². The second kappa shape index (κ2) is 5.82. The molecule has 0 unspecified atom stereocenters. The molecule has 3 rings (SSSR count). The van der Waals surface area contributed by atoms with Crippen molar-refractivity contribution in [2.24, 2.45) is 0 Å². The average molecular weight is 320 g/mol. The van der Waals surface area contributed by atoms with Crippen molar-refractivity contribution in [2.45, 2.75) is 40.0 Å². The number of aromatic hydroxyl groups is 1. The van der Waals surface area contributed by atoms with E-state index in [1.807, 2.05) is 47.1 Å². The van der Waals surface area contributed by atoms with Crippen LogP contribution >= 0.6 is 0 Å². The molecule has 0 aliphatic heterocycles. The van der Waals surface area contributed by atoms with E-state index in [1.54, 1.807) is 0 Å². The smallest absolute Gasteiger partial charge is 0.166 e. The lowest BCUT2D eigenvalue weighted by molar-refractivity contribution is 0.440. The molecule has 0 amide bonds. The highest BCUT2D eigenvalue weighted by Crippen LogP contribution is 2.40. The first-order valence-electron chi connectivity index (χ1n) is 8.24. The summed E-state index contributed by atoms with van der Waals surface area (Å²) in [5, 5.41) is 15.7. The van der Waals surface area contributed by atoms with Crippen LogP contribution in [-0.2, 0) is 5.41 Å². The predicted molar refractivity (Wildman–Crippen MR) is 98.8 cm³/mol. The third-order valence-electron chi connectivity index (χ3n) is 4.24. The Morgan fingerprint density at radius 2 is 1.54 bits per heavy atom. The van der Waals surface area contributed by atoms with Gasteiger partial charge in [0.15, 0.2) is 5.75 Å². The second-order valence-corrected chi connectivity index (χ2v) is 7.36. The minimum atomic E-state index is -0.234. The SMILES string of the molecule is Cc1ccc(-c2nn(-c3ccccc3C)c(C(C)(C)C)c2O)cc1. The topological polar surface area (TPSA) is 38.0 Å². The Labute approximate surface area is 143 Å². The third kappa shape index (κ3) is 2.82. The van der Waals surface area contributed by atoms with Gasteiger partial charge in [-0.2, -0.15) is 5.10 Å². The monoisotopic (exact) mass is 320 g/mol. The Bertz CT molecular complexity index is 868. The number of para-hydroxylation sites is 1. The Balaban J connectivity index is 2.28. The van der Waals surface area contributed by atoms with Gasteiger partial charge in [0.05, 0.1) is 11.4 Å². The summed E-state index contributed by atoms with van der Waals surface area (Å²) < 4.78 is 1.89. The summed E-state index contributed by atoms with van der Waals surface area (Å²) in [6.45, 7) is 10.4. The van der Waals surface area contributed by atoms with Gasteiger partial charge in [-0.25, -0.2) is 4.68 Å². The molecule has 1 aromatic heterocycles. The van der Waals surface area contributed by atoms with Crippen LogP contribution in [-0.4, -0.2) is 14.9 Å². The van der Waals surface area contributed by atoms with Gasteiger partial charge in [0.2, 0.25) is 0 Å². The van der Waals surface area contributed by atoms with Crippen molar-refractivity contribution in [1.29, 1.82) is 0 Å². The Morgan fingerprint density at radius 1 is 0.917 bits per heavy atom. The van der Waals surface area contributed by atoms with Gasteiger partial charge in [-0.1, -0.05) is 68.8 Å². The summed E-state index contributed by atoms with van der Waals surface area (Å²) >= 11 is 0. The maximum absolute atomic E-state index is 10.9. The second-order valence-electron chi connectivity index (χ2n) is 7.36. The fourth-order valence-corrected chi connectivity index (χ4v) is 2.96. The standard InChI is InChI=1S/C21H24N2O/c1-14-10-12-16(13-11-14)18-19(24)20(21(3,4)5)23(22-18)17-9-7-6-8-15(17)2/h6-13,24H,1-5H3. The fraction of sp³-hybridized carbons (Fsp3) is 0.286. The van der Waals surface area contributed by atoms with E-state index in [0.717, 1.165) is 22.5 Å². The first-order chi connectivity index (χ1) is 11.3. The lowest BCUT2D eigenvalue weighted by Crippen LogP contribution is -2.18. The molecular formula is C21H24N2O. The molecule has 0 spiro atoms. The minimum absolute atomic E-state index is 0.234. The maximum atomic E-state index is 10.9. The molecule has 0 aliphatic rings. The van der Waals surface area contributed by atoms with Crippen LogP contribution in [0, 0.1) is 13.8 Å². The molecule has 0 aliphatic carbocycles. The predicted octanol–water partition coefficient (Wildman–Crippen LogP) is 5.16. The number of hydrogen-bond acceptors (Lipinski definition) is 2. The number of hydrogen-bond donors (Lipinski definition) is 1. The van der Waals surface area contributed by atoms with Crippen LogP contribution in [0.3, 0.4) is 0 Å². The molecule has 0 radical (unpaired) electrons. The van der Waals surface area contributed by atoms with E-state index in [2.05, 4.69) is 40.7 Å². The van der Waals surface area contributed by atoms with Crippen LogP contribution in [0.1, 0.15) is 37.6 Å². The summed E-state index contributed by atoms with van der Waals surface area (Å²) in [5.41, 5.74) is 5.46. The van der Waals surface area contributed by atoms with Crippen molar-refractivity contribution < 1.29 is 5.11 Å². The number of aromatic nitrogens is 2. The molecule has 124 valence electrons. The maximum Gasteiger partial charge on any atom is 0.166 e. The van der Waals surface area contributed by atoms with Gasteiger partial charge >= 0.3 is 0 Å². The van der Waals surface area contributed by atoms with Crippen LogP contribution in [0.4, 0.5) is 0 Å². The first kappa shape index (κ1) is 16.3. The minimum Gasteiger partial charge on any atom is -0.504 e. The van der Waals surface area contributed by atoms with Gasteiger partial charge in [0, 0.05) is 11.0 Å². The van der Waals surface area contributed by atoms with Crippen LogP contribution < -0.4 is 0 Å². The summed E-state index contributed by atoms with van der Waals surface area (Å²) in [6.07, 6.45) is 0. The van der Waals surface area contributed by atoms with Gasteiger partial charge in [-0.05, 0) is 25.5 Å². The largest absolute Gasteiger partial charge is 0.504 e. The molecule has 3 aromatic rings. The molecule has 3 heteroatoms. The van der Waals surface area contributed by atoms with Crippen molar-refractivity contribution in [3.05, 3.63) is 65.4 Å². The third-order valence-corrected chi connectivity index (χ3v) is 4.24. The zero-order valence-electron chi connectivity index (χ0n) is 15.0. The van der Waals surface area contributed by atoms with Gasteiger partial charge in [0.1, 0.15) is 5.69 Å². The molecule has 0 fully saturated rings. The Hall–Kier alpha value is -2.55. The zero-order chi connectivity index (χ0) is 17.5. The summed E-state index contributed by atoms with van der Waals surface area (Å²) in [6, 6.07) is 16.2. The van der Waals surface area contributed by atoms with E-state index < -0.39 is 0 Å². The van der Waals surface area contributed by atoms with Gasteiger partial charge < -0.3 is 5.11 Å². The average Bonchev–Trinajstić information content (AvgIpc) is 2.86. The van der Waals surface area contributed by atoms with Crippen LogP contribution in [0.2, 0.25) is 0 Å². The molecule has 24 heavy (non-hydrogen) atoms. The molecule has 0 saturated carbocycles. The highest BCUT2D eigenvalue weighted by atomic mass is 16.3. The molecule has 0 saturated heterocycles. The highest BCUT2D eigenvalue weighted by molar-refractivity contribution is 5.69. The Kier molecular flexibility index (Phi) is 3.96. The van der Waals surface area contributed by atoms with E-state index in [-0.39, 0.29) is 11.2 Å². The van der Waals surface area contributed by atoms with E-state index in [4.69, 9.17) is 5.10 Å². The van der Waals surface area contributed by atoms with Crippen LogP contribution in [0.5, 0.6) is 5.75 Å². The molecule has 0 atom stereocenters. The van der Waals surface area contributed by atoms with Gasteiger partial charge in [0.25, 0.3) is 0 Å². The molecule has 1 N–H and O–H groups in total. The van der Waals surface area contributed by atoms with Gasteiger partial charge in [-0.3, -0.25) is 0 Å². The Morgan fingerprint density at radius 3 is 2.12 bits per heavy atom. The molecular weight excluding hydrogens is 296 g/mol. The number of benzene rings is 2. The quantitative estimate of drug-likeness (QED) is 0.708. The van der Waals surface area contributed by atoms with E-state index in [9.17, 15) is 5.11 Å². The normalized spacial score (nSPS) is 11.7. The molecule has 1 heterocycles.